The van der Waals surface area contributed by atoms with Crippen molar-refractivity contribution in [2.24, 2.45) is 0 Å². The Morgan fingerprint density at radius 2 is 2.10 bits per heavy atom. The average molecular weight is 436 g/mol. The van der Waals surface area contributed by atoms with Gasteiger partial charge in [0.2, 0.25) is 0 Å². The van der Waals surface area contributed by atoms with Gasteiger partial charge in [0.25, 0.3) is 5.91 Å². The molecule has 1 amide bonds. The van der Waals surface area contributed by atoms with Crippen LogP contribution in [0.2, 0.25) is 5.02 Å². The summed E-state index contributed by atoms with van der Waals surface area (Å²) in [4.78, 5) is 17.3. The summed E-state index contributed by atoms with van der Waals surface area (Å²) in [5.41, 5.74) is 0.881. The van der Waals surface area contributed by atoms with Crippen LogP contribution in [0, 0.1) is 0 Å². The van der Waals surface area contributed by atoms with Gasteiger partial charge in [-0.2, -0.15) is 0 Å². The number of halogens is 1. The monoisotopic (exact) mass is 435 g/mol. The predicted octanol–water partition coefficient (Wildman–Crippen LogP) is 2.56. The summed E-state index contributed by atoms with van der Waals surface area (Å²) < 4.78 is 11.4. The van der Waals surface area contributed by atoms with Gasteiger partial charge >= 0.3 is 0 Å². The van der Waals surface area contributed by atoms with Crippen LogP contribution < -0.4 is 19.7 Å². The zero-order chi connectivity index (χ0) is 20.2. The fourth-order valence-corrected chi connectivity index (χ4v) is 4.22. The van der Waals surface area contributed by atoms with Crippen molar-refractivity contribution in [1.82, 2.24) is 10.2 Å². The molecule has 1 aromatic carbocycles. The van der Waals surface area contributed by atoms with Crippen LogP contribution in [0.25, 0.3) is 0 Å². The minimum absolute atomic E-state index is 0.0170. The van der Waals surface area contributed by atoms with Gasteiger partial charge in [-0.05, 0) is 17.5 Å². The van der Waals surface area contributed by atoms with Crippen LogP contribution in [-0.4, -0.2) is 61.8 Å². The number of rotatable bonds is 6. The van der Waals surface area contributed by atoms with Gasteiger partial charge in [-0.15, -0.1) is 11.3 Å². The second-order valence-electron chi connectivity index (χ2n) is 6.78. The highest BCUT2D eigenvalue weighted by molar-refractivity contribution is 7.12. The number of piperazine rings is 1. The van der Waals surface area contributed by atoms with Gasteiger partial charge in [0.15, 0.2) is 17.3 Å². The zero-order valence-corrected chi connectivity index (χ0v) is 17.3. The molecule has 9 heteroatoms. The Hall–Kier alpha value is -2.26. The van der Waals surface area contributed by atoms with Crippen LogP contribution in [0.4, 0.5) is 5.69 Å². The van der Waals surface area contributed by atoms with Crippen molar-refractivity contribution in [1.29, 1.82) is 0 Å². The average Bonchev–Trinajstić information content (AvgIpc) is 3.28. The Balaban J connectivity index is 1.31. The third-order valence-corrected chi connectivity index (χ3v) is 5.96. The molecule has 1 saturated heterocycles. The molecule has 2 aliphatic rings. The number of hydrogen-bond acceptors (Lipinski definition) is 7. The number of amides is 1. The maximum absolute atomic E-state index is 12.0. The largest absolute Gasteiger partial charge is 0.455 e. The van der Waals surface area contributed by atoms with Gasteiger partial charge in [0.1, 0.15) is 12.9 Å². The zero-order valence-electron chi connectivity index (χ0n) is 15.8. The summed E-state index contributed by atoms with van der Waals surface area (Å²) >= 11 is 7.71. The molecule has 0 spiro atoms. The van der Waals surface area contributed by atoms with Crippen molar-refractivity contribution in [2.75, 3.05) is 50.8 Å². The Kier molecular flexibility index (Phi) is 6.25. The molecule has 1 aromatic heterocycles. The van der Waals surface area contributed by atoms with Crippen molar-refractivity contribution in [3.05, 3.63) is 51.6 Å². The first-order valence-electron chi connectivity index (χ1n) is 9.41. The van der Waals surface area contributed by atoms with Crippen LogP contribution >= 0.6 is 22.9 Å². The summed E-state index contributed by atoms with van der Waals surface area (Å²) in [5, 5.41) is 14.7. The molecule has 2 aromatic rings. The van der Waals surface area contributed by atoms with E-state index < -0.39 is 0 Å². The van der Waals surface area contributed by atoms with Crippen molar-refractivity contribution >= 4 is 34.5 Å². The molecule has 2 aliphatic heterocycles. The van der Waals surface area contributed by atoms with Gasteiger partial charge in [0, 0.05) is 50.4 Å². The van der Waals surface area contributed by atoms with E-state index in [-0.39, 0.29) is 12.5 Å². The van der Waals surface area contributed by atoms with Gasteiger partial charge < -0.3 is 24.8 Å². The predicted molar refractivity (Wildman–Crippen MR) is 113 cm³/mol. The van der Waals surface area contributed by atoms with Crippen LogP contribution in [0.3, 0.4) is 0 Å². The molecule has 3 heterocycles. The Labute approximate surface area is 178 Å². The molecular formula is C20H22ClN3O4S. The lowest BCUT2D eigenvalue weighted by molar-refractivity contribution is 0.0952. The van der Waals surface area contributed by atoms with Crippen LogP contribution in [0.5, 0.6) is 11.5 Å². The highest BCUT2D eigenvalue weighted by atomic mass is 35.5. The fraction of sp³-hybridized carbons (Fsp3) is 0.350. The molecule has 2 N–H and O–H groups in total. The number of ether oxygens (including phenoxy) is 2. The fourth-order valence-electron chi connectivity index (χ4n) is 3.38. The summed E-state index contributed by atoms with van der Waals surface area (Å²) in [6.07, 6.45) is 1.42. The second kappa shape index (κ2) is 9.04. The number of aliphatic hydroxyl groups is 1. The number of carbonyl (C=O) groups is 1. The first-order chi connectivity index (χ1) is 14.1. The normalized spacial score (nSPS) is 16.5. The molecule has 4 rings (SSSR count). The number of fused-ring (bicyclic) bond motifs is 1. The van der Waals surface area contributed by atoms with Crippen LogP contribution in [0.15, 0.2) is 41.7 Å². The molecule has 0 unspecified atom stereocenters. The van der Waals surface area contributed by atoms with E-state index in [4.69, 9.17) is 21.1 Å². The first kappa shape index (κ1) is 20.0. The summed E-state index contributed by atoms with van der Waals surface area (Å²) in [5.74, 6) is 1.46. The number of nitrogens with one attached hydrogen (secondary N) is 1. The van der Waals surface area contributed by atoms with E-state index in [9.17, 15) is 9.90 Å². The number of nitrogens with zero attached hydrogens (tertiary/aromatic N) is 2. The Bertz CT molecular complexity index is 895. The Morgan fingerprint density at radius 3 is 2.83 bits per heavy atom. The number of anilines is 1. The lowest BCUT2D eigenvalue weighted by Crippen LogP contribution is -2.48. The molecular weight excluding hydrogens is 414 g/mol. The molecule has 0 bridgehead atoms. The smallest absolute Gasteiger partial charge is 0.261 e. The molecule has 0 radical (unpaired) electrons. The van der Waals surface area contributed by atoms with E-state index >= 15 is 0 Å². The summed E-state index contributed by atoms with van der Waals surface area (Å²) in [6, 6.07) is 7.27. The number of hydrogen-bond donors (Lipinski definition) is 2. The van der Waals surface area contributed by atoms with Gasteiger partial charge in [-0.25, -0.2) is 0 Å². The van der Waals surface area contributed by atoms with Crippen molar-refractivity contribution in [3.63, 3.8) is 0 Å². The standard InChI is InChI=1S/C20H22ClN3O4S/c21-14-10-16(19-17(11-14)28-15(12-25)13-27-19)24-7-5-23(6-8-24)4-3-22-20(26)18-2-1-9-29-18/h1-2,9-11,13,25H,3-8,12H2,(H,22,26). The molecule has 154 valence electrons. The topological polar surface area (TPSA) is 74.3 Å². The number of benzene rings is 1. The van der Waals surface area contributed by atoms with E-state index in [0.29, 0.717) is 28.8 Å². The molecule has 7 nitrogen and oxygen atoms in total. The van der Waals surface area contributed by atoms with Crippen molar-refractivity contribution in [2.45, 2.75) is 0 Å². The molecule has 1 fully saturated rings. The van der Waals surface area contributed by atoms with E-state index in [1.165, 1.54) is 17.6 Å². The first-order valence-corrected chi connectivity index (χ1v) is 10.7. The lowest BCUT2D eigenvalue weighted by Gasteiger charge is -2.37. The minimum Gasteiger partial charge on any atom is -0.455 e. The summed E-state index contributed by atoms with van der Waals surface area (Å²) in [6.45, 7) is 4.56. The Morgan fingerprint density at radius 1 is 1.28 bits per heavy atom. The van der Waals surface area contributed by atoms with Crippen molar-refractivity contribution in [3.8, 4) is 11.5 Å². The van der Waals surface area contributed by atoms with Crippen molar-refractivity contribution < 1.29 is 19.4 Å². The highest BCUT2D eigenvalue weighted by Crippen LogP contribution is 2.43. The maximum atomic E-state index is 12.0. The SMILES string of the molecule is O=C(NCCN1CCN(c2cc(Cl)cc3c2OC=C(CO)O3)CC1)c1cccs1. The molecule has 0 saturated carbocycles. The minimum atomic E-state index is -0.233. The molecule has 29 heavy (non-hydrogen) atoms. The molecule has 0 aliphatic carbocycles. The summed E-state index contributed by atoms with van der Waals surface area (Å²) in [7, 11) is 0. The third-order valence-electron chi connectivity index (χ3n) is 4.88. The number of aliphatic hydroxyl groups excluding tert-OH is 1. The number of thiophene rings is 1. The second-order valence-corrected chi connectivity index (χ2v) is 8.16. The molecule has 0 atom stereocenters. The van der Waals surface area contributed by atoms with Gasteiger partial charge in [0.05, 0.1) is 10.6 Å². The van der Waals surface area contributed by atoms with Gasteiger partial charge in [-0.1, -0.05) is 17.7 Å². The number of carbonyl (C=O) groups excluding carboxylic acids is 1. The quantitative estimate of drug-likeness (QED) is 0.726. The van der Waals surface area contributed by atoms with E-state index in [0.717, 1.165) is 43.3 Å². The van der Waals surface area contributed by atoms with E-state index in [1.807, 2.05) is 23.6 Å². The third kappa shape index (κ3) is 4.67. The van der Waals surface area contributed by atoms with Crippen LogP contribution in [0.1, 0.15) is 9.67 Å². The van der Waals surface area contributed by atoms with E-state index in [2.05, 4.69) is 15.1 Å². The maximum Gasteiger partial charge on any atom is 0.261 e. The van der Waals surface area contributed by atoms with E-state index in [1.54, 1.807) is 6.07 Å². The van der Waals surface area contributed by atoms with Crippen LogP contribution in [-0.2, 0) is 0 Å². The lowest BCUT2D eigenvalue weighted by atomic mass is 10.2. The van der Waals surface area contributed by atoms with Gasteiger partial charge in [-0.3, -0.25) is 9.69 Å². The highest BCUT2D eigenvalue weighted by Gasteiger charge is 2.25.